The Morgan fingerprint density at radius 2 is 1.78 bits per heavy atom. The zero-order valence-corrected chi connectivity index (χ0v) is 14.4. The van der Waals surface area contributed by atoms with Crippen LogP contribution in [-0.2, 0) is 10.2 Å². The Labute approximate surface area is 137 Å². The monoisotopic (exact) mass is 344 g/mol. The molecule has 0 heterocycles. The molecule has 2 atom stereocenters. The molecule has 1 aliphatic rings. The van der Waals surface area contributed by atoms with Crippen LogP contribution in [0.2, 0.25) is 0 Å². The summed E-state index contributed by atoms with van der Waals surface area (Å²) in [5, 5.41) is 10.3. The van der Waals surface area contributed by atoms with E-state index in [1.807, 2.05) is 0 Å². The molecule has 7 heteroatoms. The second kappa shape index (κ2) is 7.70. The molecule has 1 aromatic rings. The minimum Gasteiger partial charge on any atom is -0.387 e. The molecule has 1 aromatic carbocycles. The Hall–Kier alpha value is -1.02. The lowest BCUT2D eigenvalue weighted by Crippen LogP contribution is -2.48. The Kier molecular flexibility index (Phi) is 6.13. The van der Waals surface area contributed by atoms with E-state index in [0.717, 1.165) is 32.1 Å². The molecule has 2 N–H and O–H groups in total. The van der Waals surface area contributed by atoms with E-state index in [9.17, 15) is 17.9 Å². The summed E-state index contributed by atoms with van der Waals surface area (Å²) in [6, 6.07) is 4.69. The molecule has 23 heavy (non-hydrogen) atoms. The number of nitrogens with zero attached hydrogens (tertiary/aromatic N) is 1. The first kappa shape index (κ1) is 18.3. The lowest BCUT2D eigenvalue weighted by molar-refractivity contribution is 0.144. The molecule has 0 radical (unpaired) electrons. The number of nitrogens with one attached hydrogen (secondary N) is 1. The Bertz CT molecular complexity index is 600. The predicted octanol–water partition coefficient (Wildman–Crippen LogP) is 2.35. The summed E-state index contributed by atoms with van der Waals surface area (Å²) in [6.45, 7) is 1.60. The van der Waals surface area contributed by atoms with Crippen molar-refractivity contribution in [1.82, 2.24) is 9.03 Å². The minimum absolute atomic E-state index is 0.0106. The zero-order chi connectivity index (χ0) is 17.0. The van der Waals surface area contributed by atoms with Gasteiger partial charge in [-0.2, -0.15) is 17.4 Å². The third-order valence-corrected chi connectivity index (χ3v) is 6.21. The van der Waals surface area contributed by atoms with E-state index in [4.69, 9.17) is 0 Å². The fourth-order valence-corrected chi connectivity index (χ4v) is 4.34. The van der Waals surface area contributed by atoms with Gasteiger partial charge in [-0.1, -0.05) is 31.4 Å². The summed E-state index contributed by atoms with van der Waals surface area (Å²) < 4.78 is 41.8. The molecule has 1 saturated carbocycles. The van der Waals surface area contributed by atoms with Crippen LogP contribution in [0.4, 0.5) is 4.39 Å². The van der Waals surface area contributed by atoms with Gasteiger partial charge in [-0.05, 0) is 37.5 Å². The van der Waals surface area contributed by atoms with Crippen LogP contribution < -0.4 is 4.72 Å². The highest BCUT2D eigenvalue weighted by Crippen LogP contribution is 2.24. The summed E-state index contributed by atoms with van der Waals surface area (Å²) in [7, 11) is -2.09. The number of rotatable bonds is 6. The van der Waals surface area contributed by atoms with Gasteiger partial charge in [-0.25, -0.2) is 4.39 Å². The van der Waals surface area contributed by atoms with Crippen LogP contribution >= 0.6 is 0 Å². The van der Waals surface area contributed by atoms with E-state index in [1.54, 1.807) is 14.0 Å². The van der Waals surface area contributed by atoms with E-state index < -0.39 is 28.2 Å². The highest BCUT2D eigenvalue weighted by atomic mass is 32.2. The van der Waals surface area contributed by atoms with Crippen molar-refractivity contribution < 1.29 is 17.9 Å². The lowest BCUT2D eigenvalue weighted by atomic mass is 9.96. The average molecular weight is 344 g/mol. The van der Waals surface area contributed by atoms with Gasteiger partial charge in [0.15, 0.2) is 0 Å². The van der Waals surface area contributed by atoms with Crippen molar-refractivity contribution >= 4 is 10.2 Å². The fourth-order valence-electron chi connectivity index (χ4n) is 2.97. The number of halogens is 1. The van der Waals surface area contributed by atoms with Crippen LogP contribution in [0.25, 0.3) is 0 Å². The Morgan fingerprint density at radius 3 is 2.35 bits per heavy atom. The Morgan fingerprint density at radius 1 is 1.22 bits per heavy atom. The summed E-state index contributed by atoms with van der Waals surface area (Å²) in [4.78, 5) is 0. The number of hydrogen-bond acceptors (Lipinski definition) is 3. The van der Waals surface area contributed by atoms with Crippen molar-refractivity contribution in [1.29, 1.82) is 0 Å². The molecule has 0 bridgehead atoms. The van der Waals surface area contributed by atoms with Crippen molar-refractivity contribution in [2.24, 2.45) is 0 Å². The second-order valence-electron chi connectivity index (χ2n) is 6.22. The highest BCUT2D eigenvalue weighted by molar-refractivity contribution is 7.87. The molecule has 1 fully saturated rings. The second-order valence-corrected chi connectivity index (χ2v) is 7.98. The smallest absolute Gasteiger partial charge is 0.279 e. The van der Waals surface area contributed by atoms with E-state index in [0.29, 0.717) is 5.56 Å². The molecule has 2 unspecified atom stereocenters. The van der Waals surface area contributed by atoms with Gasteiger partial charge in [-0.3, -0.25) is 0 Å². The van der Waals surface area contributed by atoms with Gasteiger partial charge in [-0.15, -0.1) is 0 Å². The summed E-state index contributed by atoms with van der Waals surface area (Å²) in [5.74, 6) is -0.397. The first-order chi connectivity index (χ1) is 10.8. The number of hydrogen-bond donors (Lipinski definition) is 2. The van der Waals surface area contributed by atoms with Crippen molar-refractivity contribution in [2.75, 3.05) is 7.05 Å². The molecule has 1 aliphatic carbocycles. The van der Waals surface area contributed by atoms with Crippen molar-refractivity contribution in [3.05, 3.63) is 35.6 Å². The largest absolute Gasteiger partial charge is 0.387 e. The van der Waals surface area contributed by atoms with Gasteiger partial charge in [0.1, 0.15) is 5.82 Å². The Balaban J connectivity index is 2.02. The van der Waals surface area contributed by atoms with Crippen LogP contribution in [0.15, 0.2) is 24.3 Å². The van der Waals surface area contributed by atoms with Gasteiger partial charge in [0.05, 0.1) is 12.1 Å². The van der Waals surface area contributed by atoms with Crippen molar-refractivity contribution in [2.45, 2.75) is 57.2 Å². The molecule has 0 aromatic heterocycles. The zero-order valence-electron chi connectivity index (χ0n) is 13.6. The number of aliphatic hydroxyl groups is 1. The quantitative estimate of drug-likeness (QED) is 0.832. The van der Waals surface area contributed by atoms with Crippen LogP contribution in [0, 0.1) is 5.82 Å². The first-order valence-electron chi connectivity index (χ1n) is 8.00. The molecule has 5 nitrogen and oxygen atoms in total. The summed E-state index contributed by atoms with van der Waals surface area (Å²) in [5.41, 5.74) is 0.474. The molecular weight excluding hydrogens is 319 g/mol. The lowest BCUT2D eigenvalue weighted by Gasteiger charge is -2.32. The van der Waals surface area contributed by atoms with Gasteiger partial charge in [0.25, 0.3) is 10.2 Å². The van der Waals surface area contributed by atoms with Crippen molar-refractivity contribution in [3.8, 4) is 0 Å². The average Bonchev–Trinajstić information content (AvgIpc) is 2.54. The van der Waals surface area contributed by atoms with Crippen LogP contribution in [0.3, 0.4) is 0 Å². The van der Waals surface area contributed by atoms with Crippen LogP contribution in [-0.4, -0.2) is 37.0 Å². The van der Waals surface area contributed by atoms with E-state index >= 15 is 0 Å². The molecule has 0 saturated heterocycles. The maximum Gasteiger partial charge on any atom is 0.279 e. The van der Waals surface area contributed by atoms with Gasteiger partial charge >= 0.3 is 0 Å². The minimum atomic E-state index is -3.67. The molecule has 0 amide bonds. The SMILES string of the molecule is CC(NS(=O)(=O)N(C)C1CCCCC1)C(O)c1ccc(F)cc1. The summed E-state index contributed by atoms with van der Waals surface area (Å²) >= 11 is 0. The van der Waals surface area contributed by atoms with E-state index in [2.05, 4.69) is 4.72 Å². The maximum atomic E-state index is 12.9. The molecule has 0 spiro atoms. The highest BCUT2D eigenvalue weighted by Gasteiger charge is 2.30. The standard InChI is InChI=1S/C16H25FN2O3S/c1-12(16(20)13-8-10-14(17)11-9-13)18-23(21,22)19(2)15-6-4-3-5-7-15/h8-12,15-16,18,20H,3-7H2,1-2H3. The normalized spacial score (nSPS) is 19.7. The first-order valence-corrected chi connectivity index (χ1v) is 9.44. The summed E-state index contributed by atoms with van der Waals surface area (Å²) in [6.07, 6.45) is 3.93. The third-order valence-electron chi connectivity index (χ3n) is 4.49. The predicted molar refractivity (Wildman–Crippen MR) is 87.5 cm³/mol. The number of benzene rings is 1. The van der Waals surface area contributed by atoms with Gasteiger partial charge < -0.3 is 5.11 Å². The van der Waals surface area contributed by atoms with Gasteiger partial charge in [0, 0.05) is 13.1 Å². The molecule has 130 valence electrons. The van der Waals surface area contributed by atoms with Gasteiger partial charge in [0.2, 0.25) is 0 Å². The van der Waals surface area contributed by atoms with Crippen molar-refractivity contribution in [3.63, 3.8) is 0 Å². The van der Waals surface area contributed by atoms with E-state index in [1.165, 1.54) is 28.6 Å². The topological polar surface area (TPSA) is 69.6 Å². The number of aliphatic hydroxyl groups excluding tert-OH is 1. The van der Waals surface area contributed by atoms with Crippen LogP contribution in [0.5, 0.6) is 0 Å². The van der Waals surface area contributed by atoms with Crippen LogP contribution in [0.1, 0.15) is 50.7 Å². The third kappa shape index (κ3) is 4.73. The fraction of sp³-hybridized carbons (Fsp3) is 0.625. The molecule has 0 aliphatic heterocycles. The van der Waals surface area contributed by atoms with E-state index in [-0.39, 0.29) is 6.04 Å². The maximum absolute atomic E-state index is 12.9. The molecule has 2 rings (SSSR count). The molecular formula is C16H25FN2O3S.